The molecule has 3 rings (SSSR count). The van der Waals surface area contributed by atoms with Crippen molar-refractivity contribution in [2.45, 2.75) is 51.7 Å². The van der Waals surface area contributed by atoms with Gasteiger partial charge in [0.2, 0.25) is 0 Å². The molecule has 0 radical (unpaired) electrons. The Hall–Kier alpha value is -1.69. The molecule has 2 unspecified atom stereocenters. The lowest BCUT2D eigenvalue weighted by atomic mass is 10.0. The summed E-state index contributed by atoms with van der Waals surface area (Å²) >= 11 is 0. The Morgan fingerprint density at radius 1 is 1.33 bits per heavy atom. The van der Waals surface area contributed by atoms with Crippen molar-refractivity contribution in [1.29, 1.82) is 0 Å². The largest absolute Gasteiger partial charge is 0.378 e. The highest BCUT2D eigenvalue weighted by Gasteiger charge is 2.17. The van der Waals surface area contributed by atoms with Crippen LogP contribution in [0.25, 0.3) is 5.78 Å². The lowest BCUT2D eigenvalue weighted by molar-refractivity contribution is 0.181. The van der Waals surface area contributed by atoms with Crippen LogP contribution in [0.4, 0.5) is 5.82 Å². The maximum atomic E-state index is 5.18. The van der Waals surface area contributed by atoms with Crippen molar-refractivity contribution < 1.29 is 4.74 Å². The van der Waals surface area contributed by atoms with Gasteiger partial charge in [0.05, 0.1) is 12.3 Å². The van der Waals surface area contributed by atoms with Gasteiger partial charge in [-0.1, -0.05) is 19.8 Å². The molecular formula is C15H23N5O. The smallest absolute Gasteiger partial charge is 0.254 e. The number of nitrogens with zero attached hydrogens (tertiary/aromatic N) is 4. The zero-order valence-electron chi connectivity index (χ0n) is 12.7. The highest BCUT2D eigenvalue weighted by Crippen LogP contribution is 2.25. The molecule has 0 aromatic carbocycles. The zero-order chi connectivity index (χ0) is 14.7. The number of rotatable bonds is 4. The number of fused-ring (bicyclic) bond motifs is 1. The molecule has 0 bridgehead atoms. The van der Waals surface area contributed by atoms with Crippen LogP contribution in [0.2, 0.25) is 0 Å². The molecule has 1 aliphatic carbocycles. The zero-order valence-corrected chi connectivity index (χ0v) is 12.7. The van der Waals surface area contributed by atoms with Crippen molar-refractivity contribution in [2.75, 3.05) is 12.4 Å². The first-order chi connectivity index (χ1) is 10.3. The SMILES string of the molecule is COCc1cc(NC2CCCC(C)CC2)n2ncnc2n1. The molecule has 1 fully saturated rings. The van der Waals surface area contributed by atoms with Crippen molar-refractivity contribution in [3.05, 3.63) is 18.1 Å². The monoisotopic (exact) mass is 289 g/mol. The lowest BCUT2D eigenvalue weighted by Crippen LogP contribution is -2.21. The summed E-state index contributed by atoms with van der Waals surface area (Å²) in [5.41, 5.74) is 0.877. The first-order valence-corrected chi connectivity index (χ1v) is 7.71. The van der Waals surface area contributed by atoms with Crippen molar-refractivity contribution in [1.82, 2.24) is 19.6 Å². The molecule has 2 aromatic heterocycles. The van der Waals surface area contributed by atoms with Crippen LogP contribution in [0.5, 0.6) is 0 Å². The number of anilines is 1. The molecule has 2 heterocycles. The molecule has 6 heteroatoms. The Balaban J connectivity index is 1.83. The third-order valence-electron chi connectivity index (χ3n) is 4.21. The van der Waals surface area contributed by atoms with E-state index in [1.807, 2.05) is 6.07 Å². The van der Waals surface area contributed by atoms with Crippen LogP contribution >= 0.6 is 0 Å². The Morgan fingerprint density at radius 3 is 3.10 bits per heavy atom. The van der Waals surface area contributed by atoms with Crippen molar-refractivity contribution in [3.63, 3.8) is 0 Å². The van der Waals surface area contributed by atoms with E-state index < -0.39 is 0 Å². The minimum Gasteiger partial charge on any atom is -0.378 e. The Bertz CT molecular complexity index is 597. The second kappa shape index (κ2) is 6.39. The van der Waals surface area contributed by atoms with E-state index in [-0.39, 0.29) is 0 Å². The number of hydrogen-bond donors (Lipinski definition) is 1. The average molecular weight is 289 g/mol. The van der Waals surface area contributed by atoms with E-state index in [1.54, 1.807) is 18.0 Å². The summed E-state index contributed by atoms with van der Waals surface area (Å²) in [4.78, 5) is 8.62. The fourth-order valence-corrected chi connectivity index (χ4v) is 3.03. The molecule has 0 saturated heterocycles. The van der Waals surface area contributed by atoms with Gasteiger partial charge in [0.1, 0.15) is 12.1 Å². The van der Waals surface area contributed by atoms with Crippen molar-refractivity contribution in [2.24, 2.45) is 5.92 Å². The molecule has 2 aromatic rings. The van der Waals surface area contributed by atoms with Crippen LogP contribution in [0.3, 0.4) is 0 Å². The molecule has 1 aliphatic rings. The maximum Gasteiger partial charge on any atom is 0.254 e. The summed E-state index contributed by atoms with van der Waals surface area (Å²) in [5.74, 6) is 2.42. The molecular weight excluding hydrogens is 266 g/mol. The third kappa shape index (κ3) is 3.32. The van der Waals surface area contributed by atoms with Crippen LogP contribution in [0.1, 0.15) is 44.7 Å². The second-order valence-corrected chi connectivity index (χ2v) is 5.99. The van der Waals surface area contributed by atoms with Gasteiger partial charge in [0.25, 0.3) is 5.78 Å². The predicted molar refractivity (Wildman–Crippen MR) is 81.2 cm³/mol. The van der Waals surface area contributed by atoms with Crippen LogP contribution < -0.4 is 5.32 Å². The Morgan fingerprint density at radius 2 is 2.24 bits per heavy atom. The normalized spacial score (nSPS) is 23.1. The molecule has 1 saturated carbocycles. The number of hydrogen-bond acceptors (Lipinski definition) is 5. The molecule has 1 N–H and O–H groups in total. The minimum absolute atomic E-state index is 0.486. The molecule has 21 heavy (non-hydrogen) atoms. The minimum atomic E-state index is 0.486. The molecule has 114 valence electrons. The predicted octanol–water partition coefficient (Wildman–Crippen LogP) is 2.65. The van der Waals surface area contributed by atoms with E-state index >= 15 is 0 Å². The summed E-state index contributed by atoms with van der Waals surface area (Å²) in [5, 5.41) is 7.90. The number of nitrogens with one attached hydrogen (secondary N) is 1. The fourth-order valence-electron chi connectivity index (χ4n) is 3.03. The summed E-state index contributed by atoms with van der Waals surface area (Å²) in [6.45, 7) is 2.83. The molecule has 0 amide bonds. The molecule has 0 spiro atoms. The molecule has 2 atom stereocenters. The fraction of sp³-hybridized carbons (Fsp3) is 0.667. The number of aromatic nitrogens is 4. The summed E-state index contributed by atoms with van der Waals surface area (Å²) in [6.07, 6.45) is 7.87. The van der Waals surface area contributed by atoms with E-state index in [1.165, 1.54) is 32.1 Å². The van der Waals surface area contributed by atoms with Crippen LogP contribution in [0, 0.1) is 5.92 Å². The van der Waals surface area contributed by atoms with Crippen LogP contribution in [0.15, 0.2) is 12.4 Å². The quantitative estimate of drug-likeness (QED) is 0.877. The van der Waals surface area contributed by atoms with Gasteiger partial charge in [-0.15, -0.1) is 0 Å². The summed E-state index contributed by atoms with van der Waals surface area (Å²) < 4.78 is 6.96. The van der Waals surface area contributed by atoms with Gasteiger partial charge in [-0.05, 0) is 25.2 Å². The first kappa shape index (κ1) is 14.3. The van der Waals surface area contributed by atoms with E-state index in [0.29, 0.717) is 18.4 Å². The standard InChI is InChI=1S/C15H23N5O/c1-11-4-3-5-12(7-6-11)18-14-8-13(9-21-2)19-15-16-10-17-20(14)15/h8,10-12,18H,3-7,9H2,1-2H3. The summed E-state index contributed by atoms with van der Waals surface area (Å²) in [7, 11) is 1.68. The van der Waals surface area contributed by atoms with Gasteiger partial charge in [-0.25, -0.2) is 4.98 Å². The molecule has 6 nitrogen and oxygen atoms in total. The average Bonchev–Trinajstić information content (AvgIpc) is 2.84. The van der Waals surface area contributed by atoms with Gasteiger partial charge in [0.15, 0.2) is 0 Å². The maximum absolute atomic E-state index is 5.18. The Labute approximate surface area is 124 Å². The van der Waals surface area contributed by atoms with E-state index in [4.69, 9.17) is 4.74 Å². The third-order valence-corrected chi connectivity index (χ3v) is 4.21. The van der Waals surface area contributed by atoms with E-state index in [0.717, 1.165) is 17.4 Å². The van der Waals surface area contributed by atoms with Crippen molar-refractivity contribution >= 4 is 11.6 Å². The lowest BCUT2D eigenvalue weighted by Gasteiger charge is -2.18. The van der Waals surface area contributed by atoms with Gasteiger partial charge < -0.3 is 10.1 Å². The second-order valence-electron chi connectivity index (χ2n) is 5.99. The Kier molecular flexibility index (Phi) is 4.34. The number of methoxy groups -OCH3 is 1. The van der Waals surface area contributed by atoms with Gasteiger partial charge >= 0.3 is 0 Å². The van der Waals surface area contributed by atoms with Gasteiger partial charge in [-0.3, -0.25) is 0 Å². The first-order valence-electron chi connectivity index (χ1n) is 7.71. The van der Waals surface area contributed by atoms with Gasteiger partial charge in [0, 0.05) is 19.2 Å². The van der Waals surface area contributed by atoms with E-state index in [9.17, 15) is 0 Å². The van der Waals surface area contributed by atoms with Crippen LogP contribution in [-0.4, -0.2) is 32.7 Å². The molecule has 0 aliphatic heterocycles. The van der Waals surface area contributed by atoms with E-state index in [2.05, 4.69) is 27.3 Å². The van der Waals surface area contributed by atoms with Crippen LogP contribution in [-0.2, 0) is 11.3 Å². The number of ether oxygens (including phenoxy) is 1. The van der Waals surface area contributed by atoms with Gasteiger partial charge in [-0.2, -0.15) is 14.6 Å². The highest BCUT2D eigenvalue weighted by molar-refractivity contribution is 5.45. The highest BCUT2D eigenvalue weighted by atomic mass is 16.5. The topological polar surface area (TPSA) is 64.3 Å². The summed E-state index contributed by atoms with van der Waals surface area (Å²) in [6, 6.07) is 2.51. The van der Waals surface area contributed by atoms with Crippen molar-refractivity contribution in [3.8, 4) is 0 Å².